The minimum atomic E-state index is -3.58. The Morgan fingerprint density at radius 3 is 2.41 bits per heavy atom. The van der Waals surface area contributed by atoms with Crippen LogP contribution < -0.4 is 4.52 Å². The van der Waals surface area contributed by atoms with Crippen molar-refractivity contribution in [3.63, 3.8) is 0 Å². The molecule has 0 spiro atoms. The predicted octanol–water partition coefficient (Wildman–Crippen LogP) is 5.11. The van der Waals surface area contributed by atoms with Crippen LogP contribution in [0.25, 0.3) is 0 Å². The second kappa shape index (κ2) is 6.30. The number of hydrogen-bond acceptors (Lipinski definition) is 2. The van der Waals surface area contributed by atoms with E-state index >= 15 is 0 Å². The van der Waals surface area contributed by atoms with E-state index in [0.29, 0.717) is 12.2 Å². The lowest BCUT2D eigenvalue weighted by Crippen LogP contribution is -1.92. The minimum Gasteiger partial charge on any atom is -0.422 e. The molecule has 17 heavy (non-hydrogen) atoms. The number of rotatable bonds is 6. The first-order valence-corrected chi connectivity index (χ1v) is 8.42. The Morgan fingerprint density at radius 2 is 1.88 bits per heavy atom. The summed E-state index contributed by atoms with van der Waals surface area (Å²) in [5.41, 5.74) is 1.93. The largest absolute Gasteiger partial charge is 0.428 e. The fourth-order valence-corrected chi connectivity index (χ4v) is 2.30. The number of halogens is 2. The van der Waals surface area contributed by atoms with E-state index in [9.17, 15) is 4.57 Å². The van der Waals surface area contributed by atoms with Gasteiger partial charge in [-0.25, -0.2) is 4.57 Å². The number of allylic oxidation sites excluding steroid dienone is 2. The molecule has 0 saturated carbocycles. The molecule has 0 fully saturated rings. The third-order valence-electron chi connectivity index (χ3n) is 2.07. The smallest absolute Gasteiger partial charge is 0.422 e. The summed E-state index contributed by atoms with van der Waals surface area (Å²) in [6.07, 6.45) is 1.30. The van der Waals surface area contributed by atoms with Crippen LogP contribution >= 0.6 is 28.6 Å². The maximum Gasteiger partial charge on any atom is 0.428 e. The second-order valence-corrected chi connectivity index (χ2v) is 7.63. The first kappa shape index (κ1) is 14.4. The van der Waals surface area contributed by atoms with E-state index in [2.05, 4.69) is 13.2 Å². The molecule has 0 atom stereocenters. The van der Waals surface area contributed by atoms with Gasteiger partial charge < -0.3 is 4.52 Å². The maximum atomic E-state index is 11.2. The fraction of sp³-hybridized carbons (Fsp3) is 0.167. The minimum absolute atomic E-state index is 0.422. The zero-order chi connectivity index (χ0) is 12.9. The number of benzene rings is 1. The van der Waals surface area contributed by atoms with E-state index in [1.807, 2.05) is 18.2 Å². The molecule has 0 saturated heterocycles. The van der Waals surface area contributed by atoms with Crippen LogP contribution in [0.15, 0.2) is 43.5 Å². The molecule has 92 valence electrons. The molecular formula is C12H13Cl2O2P. The summed E-state index contributed by atoms with van der Waals surface area (Å²) in [6.45, 7) is 7.33. The van der Waals surface area contributed by atoms with Crippen molar-refractivity contribution in [2.75, 3.05) is 0 Å². The van der Waals surface area contributed by atoms with Gasteiger partial charge in [0, 0.05) is 22.5 Å². The van der Waals surface area contributed by atoms with Crippen LogP contribution in [0.4, 0.5) is 0 Å². The van der Waals surface area contributed by atoms with Crippen LogP contribution in [-0.4, -0.2) is 0 Å². The van der Waals surface area contributed by atoms with Crippen molar-refractivity contribution in [1.82, 2.24) is 0 Å². The Balaban J connectivity index is 3.07. The summed E-state index contributed by atoms with van der Waals surface area (Å²) in [7, 11) is 0. The highest BCUT2D eigenvalue weighted by Gasteiger charge is 2.18. The van der Waals surface area contributed by atoms with Gasteiger partial charge in [0.05, 0.1) is 0 Å². The summed E-state index contributed by atoms with van der Waals surface area (Å²) >= 11 is 10.8. The molecule has 1 aromatic rings. The average molecular weight is 291 g/mol. The molecule has 0 aliphatic heterocycles. The Morgan fingerprint density at radius 1 is 1.24 bits per heavy atom. The van der Waals surface area contributed by atoms with Crippen molar-refractivity contribution in [3.8, 4) is 5.75 Å². The molecule has 0 heterocycles. The lowest BCUT2D eigenvalue weighted by atomic mass is 10.0. The predicted molar refractivity (Wildman–Crippen MR) is 74.2 cm³/mol. The van der Waals surface area contributed by atoms with Gasteiger partial charge in [-0.2, -0.15) is 0 Å². The van der Waals surface area contributed by atoms with Crippen molar-refractivity contribution in [1.29, 1.82) is 0 Å². The molecule has 2 nitrogen and oxygen atoms in total. The van der Waals surface area contributed by atoms with Gasteiger partial charge in [-0.3, -0.25) is 0 Å². The van der Waals surface area contributed by atoms with Gasteiger partial charge in [-0.1, -0.05) is 24.3 Å². The Bertz CT molecular complexity index is 466. The van der Waals surface area contributed by atoms with Gasteiger partial charge in [0.2, 0.25) is 0 Å². The molecule has 0 amide bonds. The summed E-state index contributed by atoms with van der Waals surface area (Å²) in [5.74, 6) is 0.422. The monoisotopic (exact) mass is 290 g/mol. The zero-order valence-electron chi connectivity index (χ0n) is 9.23. The van der Waals surface area contributed by atoms with E-state index in [1.165, 1.54) is 0 Å². The molecule has 0 aromatic heterocycles. The molecule has 5 heteroatoms. The maximum absolute atomic E-state index is 11.2. The lowest BCUT2D eigenvalue weighted by Gasteiger charge is -2.11. The molecule has 0 aliphatic rings. The molecule has 0 N–H and O–H groups in total. The highest BCUT2D eigenvalue weighted by atomic mass is 35.9. The fourth-order valence-electron chi connectivity index (χ4n) is 1.45. The van der Waals surface area contributed by atoms with E-state index in [1.54, 1.807) is 12.1 Å². The van der Waals surface area contributed by atoms with Gasteiger partial charge in [-0.15, -0.1) is 13.2 Å². The van der Waals surface area contributed by atoms with Gasteiger partial charge in [0.15, 0.2) is 0 Å². The van der Waals surface area contributed by atoms with Crippen molar-refractivity contribution < 1.29 is 9.09 Å². The van der Waals surface area contributed by atoms with Crippen LogP contribution in [0.5, 0.6) is 5.75 Å². The third kappa shape index (κ3) is 4.99. The molecular weight excluding hydrogens is 278 g/mol. The van der Waals surface area contributed by atoms with Crippen LogP contribution in [0.3, 0.4) is 0 Å². The van der Waals surface area contributed by atoms with Crippen molar-refractivity contribution in [2.45, 2.75) is 12.8 Å². The molecule has 0 radical (unpaired) electrons. The third-order valence-corrected chi connectivity index (χ3v) is 2.90. The molecule has 1 rings (SSSR count). The summed E-state index contributed by atoms with van der Waals surface area (Å²) < 4.78 is 16.2. The van der Waals surface area contributed by atoms with Gasteiger partial charge >= 0.3 is 6.07 Å². The zero-order valence-corrected chi connectivity index (χ0v) is 11.6. The van der Waals surface area contributed by atoms with Crippen molar-refractivity contribution in [2.24, 2.45) is 0 Å². The van der Waals surface area contributed by atoms with Gasteiger partial charge in [0.25, 0.3) is 0 Å². The lowest BCUT2D eigenvalue weighted by molar-refractivity contribution is 0.510. The summed E-state index contributed by atoms with van der Waals surface area (Å²) in [6, 6.07) is 5.49. The Labute approximate surface area is 111 Å². The van der Waals surface area contributed by atoms with E-state index < -0.39 is 6.07 Å². The van der Waals surface area contributed by atoms with E-state index in [0.717, 1.165) is 17.5 Å². The van der Waals surface area contributed by atoms with E-state index in [-0.39, 0.29) is 0 Å². The topological polar surface area (TPSA) is 26.3 Å². The normalized spacial score (nSPS) is 10.9. The van der Waals surface area contributed by atoms with Crippen LogP contribution in [0, 0.1) is 0 Å². The van der Waals surface area contributed by atoms with E-state index in [4.69, 9.17) is 27.0 Å². The van der Waals surface area contributed by atoms with Crippen molar-refractivity contribution in [3.05, 3.63) is 54.6 Å². The molecule has 0 aliphatic carbocycles. The molecule has 0 unspecified atom stereocenters. The number of hydrogen-bond donors (Lipinski definition) is 0. The highest BCUT2D eigenvalue weighted by molar-refractivity contribution is 8.05. The van der Waals surface area contributed by atoms with Crippen LogP contribution in [0.2, 0.25) is 0 Å². The Kier molecular flexibility index (Phi) is 5.32. The quantitative estimate of drug-likeness (QED) is 0.538. The van der Waals surface area contributed by atoms with Crippen molar-refractivity contribution >= 4 is 28.6 Å². The van der Waals surface area contributed by atoms with Gasteiger partial charge in [0.1, 0.15) is 5.75 Å². The molecule has 1 aromatic carbocycles. The van der Waals surface area contributed by atoms with Crippen LogP contribution in [-0.2, 0) is 17.4 Å². The first-order valence-electron chi connectivity index (χ1n) is 4.99. The Hall–Kier alpha value is -0.690. The summed E-state index contributed by atoms with van der Waals surface area (Å²) in [5, 5.41) is 0. The second-order valence-electron chi connectivity index (χ2n) is 3.43. The SMILES string of the molecule is C=CCc1ccc(OP(=O)(Cl)Cl)c(CC=C)c1. The summed E-state index contributed by atoms with van der Waals surface area (Å²) in [4.78, 5) is 0. The van der Waals surface area contributed by atoms with Crippen LogP contribution in [0.1, 0.15) is 11.1 Å². The first-order chi connectivity index (χ1) is 7.96. The highest BCUT2D eigenvalue weighted by Crippen LogP contribution is 2.57. The standard InChI is InChI=1S/C12H13Cl2O2P/c1-3-5-10-7-8-12(16-17(13,14)15)11(9-10)6-4-2/h3-4,7-9H,1-2,5-6H2. The van der Waals surface area contributed by atoms with Gasteiger partial charge in [-0.05, 0) is 30.0 Å². The average Bonchev–Trinajstić information content (AvgIpc) is 2.21. The molecule has 0 bridgehead atoms.